The van der Waals surface area contributed by atoms with Crippen LogP contribution >= 0.6 is 0 Å². The second-order valence-corrected chi connectivity index (χ2v) is 3.49. The smallest absolute Gasteiger partial charge is 0.320 e. The Hall–Kier alpha value is -1.59. The van der Waals surface area contributed by atoms with E-state index in [1.54, 1.807) is 13.8 Å². The van der Waals surface area contributed by atoms with E-state index >= 15 is 0 Å². The average Bonchev–Trinajstić information content (AvgIpc) is 2.33. The highest BCUT2D eigenvalue weighted by Crippen LogP contribution is 2.16. The summed E-state index contributed by atoms with van der Waals surface area (Å²) in [5.41, 5.74) is 0. The number of hydrogen-bond acceptors (Lipinski definition) is 6. The zero-order chi connectivity index (χ0) is 13.4. The molecule has 0 bridgehead atoms. The zero-order valence-electron chi connectivity index (χ0n) is 10.5. The number of ether oxygens (including phenoxy) is 3. The first-order valence-electron chi connectivity index (χ1n) is 5.30. The quantitative estimate of drug-likeness (QED) is 0.386. The van der Waals surface area contributed by atoms with Gasteiger partial charge in [-0.1, -0.05) is 6.92 Å². The van der Waals surface area contributed by atoms with Crippen LogP contribution in [0.5, 0.6) is 0 Å². The Bertz CT molecular complexity index is 286. The van der Waals surface area contributed by atoms with Crippen LogP contribution in [0.1, 0.15) is 20.3 Å². The van der Waals surface area contributed by atoms with Crippen LogP contribution in [-0.2, 0) is 28.6 Å². The number of methoxy groups -OCH3 is 2. The third-order valence-electron chi connectivity index (χ3n) is 2.25. The molecular weight excluding hydrogens is 228 g/mol. The summed E-state index contributed by atoms with van der Waals surface area (Å²) in [5, 5.41) is 0. The second kappa shape index (κ2) is 7.65. The van der Waals surface area contributed by atoms with Gasteiger partial charge in [-0.15, -0.1) is 0 Å². The zero-order valence-corrected chi connectivity index (χ0v) is 10.5. The lowest BCUT2D eigenvalue weighted by atomic mass is 9.96. The predicted octanol–water partition coefficient (Wildman–Crippen LogP) is 0.538. The van der Waals surface area contributed by atoms with Crippen molar-refractivity contribution in [2.45, 2.75) is 20.3 Å². The van der Waals surface area contributed by atoms with E-state index in [1.807, 2.05) is 0 Å². The van der Waals surface area contributed by atoms with E-state index in [1.165, 1.54) is 14.2 Å². The topological polar surface area (TPSA) is 78.9 Å². The summed E-state index contributed by atoms with van der Waals surface area (Å²) in [6.07, 6.45) is 0.0121. The van der Waals surface area contributed by atoms with Gasteiger partial charge in [0.1, 0.15) is 0 Å². The highest BCUT2D eigenvalue weighted by molar-refractivity contribution is 5.95. The fourth-order valence-electron chi connectivity index (χ4n) is 1.32. The third kappa shape index (κ3) is 4.84. The van der Waals surface area contributed by atoms with Gasteiger partial charge in [0.2, 0.25) is 0 Å². The molecule has 6 nitrogen and oxygen atoms in total. The lowest BCUT2D eigenvalue weighted by molar-refractivity contribution is -0.161. The molecule has 6 heteroatoms. The van der Waals surface area contributed by atoms with Gasteiger partial charge < -0.3 is 14.2 Å². The maximum absolute atomic E-state index is 11.5. The lowest BCUT2D eigenvalue weighted by Crippen LogP contribution is -2.31. The molecule has 0 aliphatic carbocycles. The van der Waals surface area contributed by atoms with Gasteiger partial charge in [0.05, 0.1) is 26.7 Å². The molecule has 98 valence electrons. The molecule has 0 N–H and O–H groups in total. The van der Waals surface area contributed by atoms with E-state index in [2.05, 4.69) is 9.47 Å². The highest BCUT2D eigenvalue weighted by Gasteiger charge is 2.32. The minimum absolute atomic E-state index is 0.0121. The van der Waals surface area contributed by atoms with Crippen LogP contribution in [0.15, 0.2) is 0 Å². The van der Waals surface area contributed by atoms with Crippen LogP contribution in [0.2, 0.25) is 0 Å². The summed E-state index contributed by atoms with van der Waals surface area (Å²) in [6, 6.07) is 0. The minimum atomic E-state index is -1.09. The number of rotatable bonds is 6. The second-order valence-electron chi connectivity index (χ2n) is 3.49. The summed E-state index contributed by atoms with van der Waals surface area (Å²) in [5.74, 6) is -3.54. The van der Waals surface area contributed by atoms with Gasteiger partial charge >= 0.3 is 17.9 Å². The Labute approximate surface area is 100 Å². The van der Waals surface area contributed by atoms with Crippen LogP contribution in [0.25, 0.3) is 0 Å². The fourth-order valence-corrected chi connectivity index (χ4v) is 1.32. The number of carbonyl (C=O) groups excluding carboxylic acids is 3. The molecular formula is C11H18O6. The van der Waals surface area contributed by atoms with E-state index in [0.29, 0.717) is 0 Å². The fraction of sp³-hybridized carbons (Fsp3) is 0.727. The number of carbonyl (C=O) groups is 3. The maximum Gasteiger partial charge on any atom is 0.320 e. The molecule has 0 aromatic rings. The van der Waals surface area contributed by atoms with Gasteiger partial charge in [-0.3, -0.25) is 14.4 Å². The molecule has 0 heterocycles. The number of hydrogen-bond donors (Lipinski definition) is 0. The van der Waals surface area contributed by atoms with Crippen molar-refractivity contribution in [2.75, 3.05) is 20.8 Å². The highest BCUT2D eigenvalue weighted by atomic mass is 16.5. The van der Waals surface area contributed by atoms with Crippen LogP contribution in [0.3, 0.4) is 0 Å². The molecule has 0 rings (SSSR count). The van der Waals surface area contributed by atoms with Crippen LogP contribution < -0.4 is 0 Å². The van der Waals surface area contributed by atoms with Crippen LogP contribution in [0.4, 0.5) is 0 Å². The number of esters is 3. The van der Waals surface area contributed by atoms with Gasteiger partial charge in [0.25, 0.3) is 0 Å². The van der Waals surface area contributed by atoms with Gasteiger partial charge in [-0.05, 0) is 13.3 Å². The molecule has 0 radical (unpaired) electrons. The molecule has 0 aromatic carbocycles. The monoisotopic (exact) mass is 246 g/mol. The first-order valence-corrected chi connectivity index (χ1v) is 5.30. The Morgan fingerprint density at radius 3 is 1.94 bits per heavy atom. The molecule has 0 amide bonds. The molecule has 0 spiro atoms. The van der Waals surface area contributed by atoms with E-state index in [0.717, 1.165) is 0 Å². The summed E-state index contributed by atoms with van der Waals surface area (Å²) in [7, 11) is 2.42. The molecule has 0 aliphatic heterocycles. The Kier molecular flexibility index (Phi) is 6.93. The summed E-state index contributed by atoms with van der Waals surface area (Å²) in [4.78, 5) is 34.1. The predicted molar refractivity (Wildman–Crippen MR) is 57.9 cm³/mol. The van der Waals surface area contributed by atoms with Crippen molar-refractivity contribution in [3.05, 3.63) is 0 Å². The molecule has 0 aliphatic rings. The Balaban J connectivity index is 4.65. The van der Waals surface area contributed by atoms with Gasteiger partial charge in [-0.25, -0.2) is 0 Å². The van der Waals surface area contributed by atoms with E-state index < -0.39 is 29.7 Å². The third-order valence-corrected chi connectivity index (χ3v) is 2.25. The normalized spacial score (nSPS) is 13.4. The molecule has 17 heavy (non-hydrogen) atoms. The van der Waals surface area contributed by atoms with Crippen LogP contribution in [0, 0.1) is 11.8 Å². The van der Waals surface area contributed by atoms with E-state index in [9.17, 15) is 14.4 Å². The largest absolute Gasteiger partial charge is 0.469 e. The Morgan fingerprint density at radius 1 is 1.00 bits per heavy atom. The van der Waals surface area contributed by atoms with E-state index in [4.69, 9.17) is 4.74 Å². The van der Waals surface area contributed by atoms with Crippen molar-refractivity contribution in [3.63, 3.8) is 0 Å². The lowest BCUT2D eigenvalue weighted by Gasteiger charge is -2.16. The van der Waals surface area contributed by atoms with Gasteiger partial charge in [-0.2, -0.15) is 0 Å². The summed E-state index contributed by atoms with van der Waals surface area (Å²) in [6.45, 7) is 3.37. The molecule has 0 saturated heterocycles. The standard InChI is InChI=1S/C11H18O6/c1-5-17-11(14)8(10(13)16-4)6-7(2)9(12)15-3/h7-8H,5-6H2,1-4H3. The Morgan fingerprint density at radius 2 is 1.53 bits per heavy atom. The first kappa shape index (κ1) is 15.4. The van der Waals surface area contributed by atoms with Crippen molar-refractivity contribution in [1.82, 2.24) is 0 Å². The molecule has 2 unspecified atom stereocenters. The van der Waals surface area contributed by atoms with Gasteiger partial charge in [0.15, 0.2) is 5.92 Å². The maximum atomic E-state index is 11.5. The molecule has 0 saturated carbocycles. The minimum Gasteiger partial charge on any atom is -0.469 e. The van der Waals surface area contributed by atoms with Gasteiger partial charge in [0, 0.05) is 0 Å². The SMILES string of the molecule is CCOC(=O)C(CC(C)C(=O)OC)C(=O)OC. The molecule has 2 atom stereocenters. The van der Waals surface area contributed by atoms with E-state index in [-0.39, 0.29) is 13.0 Å². The first-order chi connectivity index (χ1) is 7.97. The molecule has 0 aromatic heterocycles. The average molecular weight is 246 g/mol. The molecule has 0 fully saturated rings. The van der Waals surface area contributed by atoms with Crippen molar-refractivity contribution < 1.29 is 28.6 Å². The van der Waals surface area contributed by atoms with Crippen molar-refractivity contribution in [3.8, 4) is 0 Å². The summed E-state index contributed by atoms with van der Waals surface area (Å²) >= 11 is 0. The van der Waals surface area contributed by atoms with Crippen molar-refractivity contribution in [2.24, 2.45) is 11.8 Å². The summed E-state index contributed by atoms with van der Waals surface area (Å²) < 4.78 is 13.8. The van der Waals surface area contributed by atoms with Crippen molar-refractivity contribution >= 4 is 17.9 Å². The van der Waals surface area contributed by atoms with Crippen LogP contribution in [-0.4, -0.2) is 38.7 Å². The van der Waals surface area contributed by atoms with Crippen molar-refractivity contribution in [1.29, 1.82) is 0 Å².